The summed E-state index contributed by atoms with van der Waals surface area (Å²) in [6, 6.07) is 9.33. The summed E-state index contributed by atoms with van der Waals surface area (Å²) >= 11 is 1.23. The van der Waals surface area contributed by atoms with E-state index in [1.165, 1.54) is 29.5 Å². The molecule has 2 aromatic heterocycles. The largest absolute Gasteiger partial charge is 0.482 e. The minimum Gasteiger partial charge on any atom is -0.482 e. The smallest absolute Gasteiger partial charge is 0.271 e. The fraction of sp³-hybridized carbons (Fsp3) is 0.111. The standard InChI is InChI=1S/C18H13N5O5S/c24-16(21-18-20-13(10-29-18)12-3-1-2-6-19-12)8-22-14-7-11(23(26)27)4-5-15(14)28-9-17(22)25/h1-7,10H,8-9H2,(H,20,21,24). The Balaban J connectivity index is 1.50. The number of hydrogen-bond donors (Lipinski definition) is 1. The van der Waals surface area contributed by atoms with Gasteiger partial charge in [-0.2, -0.15) is 0 Å². The van der Waals surface area contributed by atoms with Crippen molar-refractivity contribution in [1.29, 1.82) is 0 Å². The monoisotopic (exact) mass is 411 g/mol. The van der Waals surface area contributed by atoms with E-state index in [0.717, 1.165) is 4.90 Å². The van der Waals surface area contributed by atoms with E-state index in [4.69, 9.17) is 4.74 Å². The second kappa shape index (κ2) is 7.64. The first kappa shape index (κ1) is 18.5. The number of carbonyl (C=O) groups is 2. The van der Waals surface area contributed by atoms with Crippen molar-refractivity contribution in [3.05, 3.63) is 58.1 Å². The first-order chi connectivity index (χ1) is 14.0. The summed E-state index contributed by atoms with van der Waals surface area (Å²) in [4.78, 5) is 44.9. The number of anilines is 2. The number of nitrogens with one attached hydrogen (secondary N) is 1. The molecule has 2 amide bonds. The van der Waals surface area contributed by atoms with Crippen molar-refractivity contribution in [2.45, 2.75) is 0 Å². The van der Waals surface area contributed by atoms with Gasteiger partial charge in [-0.15, -0.1) is 11.3 Å². The molecule has 3 aromatic rings. The molecule has 0 saturated heterocycles. The summed E-state index contributed by atoms with van der Waals surface area (Å²) in [6.07, 6.45) is 1.65. The van der Waals surface area contributed by atoms with Crippen LogP contribution in [0.2, 0.25) is 0 Å². The van der Waals surface area contributed by atoms with Crippen LogP contribution in [0.1, 0.15) is 0 Å². The van der Waals surface area contributed by atoms with E-state index >= 15 is 0 Å². The highest BCUT2D eigenvalue weighted by molar-refractivity contribution is 7.14. The van der Waals surface area contributed by atoms with Crippen molar-refractivity contribution in [2.24, 2.45) is 0 Å². The molecule has 0 bridgehead atoms. The fourth-order valence-electron chi connectivity index (χ4n) is 2.74. The van der Waals surface area contributed by atoms with Crippen molar-refractivity contribution in [1.82, 2.24) is 9.97 Å². The van der Waals surface area contributed by atoms with Gasteiger partial charge in [-0.3, -0.25) is 29.6 Å². The number of fused-ring (bicyclic) bond motifs is 1. The Labute approximate surface area is 167 Å². The number of nitro benzene ring substituents is 1. The molecule has 1 aromatic carbocycles. The zero-order valence-corrected chi connectivity index (χ0v) is 15.6. The van der Waals surface area contributed by atoms with Crippen LogP contribution in [0.4, 0.5) is 16.5 Å². The Hall–Kier alpha value is -3.86. The fourth-order valence-corrected chi connectivity index (χ4v) is 3.46. The van der Waals surface area contributed by atoms with Gasteiger partial charge in [0, 0.05) is 23.7 Å². The molecular weight excluding hydrogens is 398 g/mol. The van der Waals surface area contributed by atoms with Gasteiger partial charge in [0.2, 0.25) is 5.91 Å². The van der Waals surface area contributed by atoms with Gasteiger partial charge >= 0.3 is 0 Å². The van der Waals surface area contributed by atoms with Gasteiger partial charge in [0.1, 0.15) is 18.0 Å². The Morgan fingerprint density at radius 2 is 2.17 bits per heavy atom. The highest BCUT2D eigenvalue weighted by Gasteiger charge is 2.29. The second-order valence-electron chi connectivity index (χ2n) is 5.98. The van der Waals surface area contributed by atoms with E-state index in [-0.39, 0.29) is 24.5 Å². The van der Waals surface area contributed by atoms with Crippen LogP contribution in [0.5, 0.6) is 5.75 Å². The third-order valence-electron chi connectivity index (χ3n) is 4.08. The molecule has 146 valence electrons. The van der Waals surface area contributed by atoms with Crippen molar-refractivity contribution in [3.63, 3.8) is 0 Å². The van der Waals surface area contributed by atoms with Crippen LogP contribution in [-0.4, -0.2) is 39.9 Å². The number of hydrogen-bond acceptors (Lipinski definition) is 8. The van der Waals surface area contributed by atoms with Gasteiger partial charge < -0.3 is 10.1 Å². The van der Waals surface area contributed by atoms with Gasteiger partial charge in [-0.25, -0.2) is 4.98 Å². The lowest BCUT2D eigenvalue weighted by atomic mass is 10.2. The maximum Gasteiger partial charge on any atom is 0.271 e. The van der Waals surface area contributed by atoms with Crippen LogP contribution >= 0.6 is 11.3 Å². The van der Waals surface area contributed by atoms with E-state index in [2.05, 4.69) is 15.3 Å². The van der Waals surface area contributed by atoms with Crippen LogP contribution in [0.15, 0.2) is 48.0 Å². The van der Waals surface area contributed by atoms with Gasteiger partial charge in [-0.05, 0) is 18.2 Å². The number of aromatic nitrogens is 2. The molecule has 0 fully saturated rings. The van der Waals surface area contributed by atoms with Crippen molar-refractivity contribution in [2.75, 3.05) is 23.4 Å². The molecular formula is C18H13N5O5S. The molecule has 0 unspecified atom stereocenters. The molecule has 4 rings (SSSR count). The number of benzene rings is 1. The van der Waals surface area contributed by atoms with Gasteiger partial charge in [0.05, 0.1) is 16.3 Å². The number of amides is 2. The Morgan fingerprint density at radius 1 is 1.31 bits per heavy atom. The van der Waals surface area contributed by atoms with Crippen molar-refractivity contribution >= 4 is 39.7 Å². The van der Waals surface area contributed by atoms with E-state index in [0.29, 0.717) is 22.3 Å². The number of thiazole rings is 1. The highest BCUT2D eigenvalue weighted by atomic mass is 32.1. The molecule has 1 N–H and O–H groups in total. The summed E-state index contributed by atoms with van der Waals surface area (Å²) in [7, 11) is 0. The maximum atomic E-state index is 12.5. The number of ether oxygens (including phenoxy) is 1. The Kier molecular flexibility index (Phi) is 4.87. The topological polar surface area (TPSA) is 128 Å². The first-order valence-electron chi connectivity index (χ1n) is 8.39. The summed E-state index contributed by atoms with van der Waals surface area (Å²) < 4.78 is 5.29. The number of nitro groups is 1. The molecule has 1 aliphatic heterocycles. The van der Waals surface area contributed by atoms with Crippen LogP contribution in [0.25, 0.3) is 11.4 Å². The normalized spacial score (nSPS) is 12.8. The molecule has 0 aliphatic carbocycles. The Bertz CT molecular complexity index is 1100. The lowest BCUT2D eigenvalue weighted by Crippen LogP contribution is -2.43. The molecule has 1 aliphatic rings. The van der Waals surface area contributed by atoms with E-state index < -0.39 is 16.7 Å². The average molecular weight is 411 g/mol. The SMILES string of the molecule is O=C(CN1C(=O)COc2ccc([N+](=O)[O-])cc21)Nc1nc(-c2ccccn2)cs1. The van der Waals surface area contributed by atoms with Gasteiger partial charge in [0.25, 0.3) is 11.6 Å². The van der Waals surface area contributed by atoms with Crippen LogP contribution in [0.3, 0.4) is 0 Å². The lowest BCUT2D eigenvalue weighted by molar-refractivity contribution is -0.384. The summed E-state index contributed by atoms with van der Waals surface area (Å²) in [6.45, 7) is -0.575. The number of pyridine rings is 1. The quantitative estimate of drug-likeness (QED) is 0.504. The number of rotatable bonds is 5. The van der Waals surface area contributed by atoms with Crippen LogP contribution in [0, 0.1) is 10.1 Å². The van der Waals surface area contributed by atoms with Crippen LogP contribution in [-0.2, 0) is 9.59 Å². The average Bonchev–Trinajstić information content (AvgIpc) is 3.18. The zero-order chi connectivity index (χ0) is 20.4. The zero-order valence-electron chi connectivity index (χ0n) is 14.8. The molecule has 10 nitrogen and oxygen atoms in total. The van der Waals surface area contributed by atoms with Gasteiger partial charge in [-0.1, -0.05) is 6.07 Å². The van der Waals surface area contributed by atoms with E-state index in [1.54, 1.807) is 23.7 Å². The number of nitrogens with zero attached hydrogens (tertiary/aromatic N) is 4. The molecule has 29 heavy (non-hydrogen) atoms. The predicted octanol–water partition coefficient (Wildman–Crippen LogP) is 2.48. The van der Waals surface area contributed by atoms with E-state index in [9.17, 15) is 19.7 Å². The lowest BCUT2D eigenvalue weighted by Gasteiger charge is -2.28. The second-order valence-corrected chi connectivity index (χ2v) is 6.84. The molecule has 0 radical (unpaired) electrons. The summed E-state index contributed by atoms with van der Waals surface area (Å²) in [5, 5.41) is 15.8. The summed E-state index contributed by atoms with van der Waals surface area (Å²) in [5.74, 6) is -0.657. The minimum absolute atomic E-state index is 0.180. The summed E-state index contributed by atoms with van der Waals surface area (Å²) in [5.41, 5.74) is 1.27. The third-order valence-corrected chi connectivity index (χ3v) is 4.83. The minimum atomic E-state index is -0.577. The van der Waals surface area contributed by atoms with E-state index in [1.807, 2.05) is 6.07 Å². The third kappa shape index (κ3) is 3.89. The van der Waals surface area contributed by atoms with Crippen LogP contribution < -0.4 is 15.0 Å². The molecule has 0 atom stereocenters. The van der Waals surface area contributed by atoms with Crippen molar-refractivity contribution < 1.29 is 19.2 Å². The number of non-ortho nitro benzene ring substituents is 1. The predicted molar refractivity (Wildman–Crippen MR) is 105 cm³/mol. The molecule has 11 heteroatoms. The van der Waals surface area contributed by atoms with Crippen molar-refractivity contribution in [3.8, 4) is 17.1 Å². The molecule has 0 spiro atoms. The Morgan fingerprint density at radius 3 is 2.93 bits per heavy atom. The molecule has 3 heterocycles. The first-order valence-corrected chi connectivity index (χ1v) is 9.27. The number of carbonyl (C=O) groups excluding carboxylic acids is 2. The highest BCUT2D eigenvalue weighted by Crippen LogP contribution is 2.35. The van der Waals surface area contributed by atoms with Gasteiger partial charge in [0.15, 0.2) is 11.7 Å². The maximum absolute atomic E-state index is 12.5. The molecule has 0 saturated carbocycles.